The molecule has 22 heavy (non-hydrogen) atoms. The molecule has 124 valence electrons. The fourth-order valence-corrected chi connectivity index (χ4v) is 5.02. The predicted molar refractivity (Wildman–Crippen MR) is 84.1 cm³/mol. The average molecular weight is 309 g/mol. The summed E-state index contributed by atoms with van der Waals surface area (Å²) in [6.07, 6.45) is 5.91. The quantitative estimate of drug-likeness (QED) is 0.460. The van der Waals surface area contributed by atoms with Gasteiger partial charge in [0.25, 0.3) is 0 Å². The molecular weight excluding hydrogens is 282 g/mol. The van der Waals surface area contributed by atoms with Gasteiger partial charge in [0, 0.05) is 4.92 Å². The SMILES string of the molecule is CCCC1=C[C@H]2[C@@H](C1)C[C@]2(C[N+](=O)[O-])C(C(=O)O)C(C)(C)C. The molecular formula is C17H27NO4. The number of carboxylic acids is 1. The Kier molecular flexibility index (Phi) is 4.37. The van der Waals surface area contributed by atoms with Gasteiger partial charge in [-0.3, -0.25) is 14.9 Å². The Balaban J connectivity index is 2.39. The molecule has 5 nitrogen and oxygen atoms in total. The zero-order valence-corrected chi connectivity index (χ0v) is 14.0. The molecule has 0 aliphatic heterocycles. The van der Waals surface area contributed by atoms with Crippen molar-refractivity contribution in [3.63, 3.8) is 0 Å². The molecule has 2 aliphatic carbocycles. The van der Waals surface area contributed by atoms with Crippen LogP contribution < -0.4 is 0 Å². The van der Waals surface area contributed by atoms with Crippen LogP contribution in [-0.4, -0.2) is 22.5 Å². The monoisotopic (exact) mass is 309 g/mol. The highest BCUT2D eigenvalue weighted by molar-refractivity contribution is 5.72. The number of fused-ring (bicyclic) bond motifs is 1. The highest BCUT2D eigenvalue weighted by atomic mass is 16.6. The van der Waals surface area contributed by atoms with Gasteiger partial charge in [0.2, 0.25) is 6.54 Å². The number of allylic oxidation sites excluding steroid dienone is 2. The topological polar surface area (TPSA) is 80.4 Å². The molecule has 2 aliphatic rings. The van der Waals surface area contributed by atoms with Crippen LogP contribution in [0.1, 0.15) is 53.4 Å². The van der Waals surface area contributed by atoms with Crippen LogP contribution in [0.25, 0.3) is 0 Å². The summed E-state index contributed by atoms with van der Waals surface area (Å²) in [7, 11) is 0. The van der Waals surface area contributed by atoms with Gasteiger partial charge in [-0.2, -0.15) is 0 Å². The van der Waals surface area contributed by atoms with Crippen molar-refractivity contribution in [2.75, 3.05) is 6.54 Å². The maximum absolute atomic E-state index is 11.9. The Morgan fingerprint density at radius 3 is 2.64 bits per heavy atom. The summed E-state index contributed by atoms with van der Waals surface area (Å²) in [6, 6.07) is 0. The van der Waals surface area contributed by atoms with Crippen LogP contribution in [0.3, 0.4) is 0 Å². The van der Waals surface area contributed by atoms with Gasteiger partial charge in [0.05, 0.1) is 11.3 Å². The lowest BCUT2D eigenvalue weighted by molar-refractivity contribution is -0.510. The Bertz CT molecular complexity index is 505. The Hall–Kier alpha value is -1.39. The fourth-order valence-electron chi connectivity index (χ4n) is 5.02. The van der Waals surface area contributed by atoms with Crippen molar-refractivity contribution in [3.8, 4) is 0 Å². The normalized spacial score (nSPS) is 31.9. The van der Waals surface area contributed by atoms with Crippen LogP contribution in [-0.2, 0) is 4.79 Å². The molecule has 1 unspecified atom stereocenters. The van der Waals surface area contributed by atoms with E-state index in [1.165, 1.54) is 5.57 Å². The number of aliphatic carboxylic acids is 1. The van der Waals surface area contributed by atoms with Crippen LogP contribution >= 0.6 is 0 Å². The van der Waals surface area contributed by atoms with Gasteiger partial charge in [0.15, 0.2) is 0 Å². The molecule has 1 N–H and O–H groups in total. The Labute approximate surface area is 131 Å². The van der Waals surface area contributed by atoms with E-state index in [1.807, 2.05) is 20.8 Å². The third kappa shape index (κ3) is 2.77. The average Bonchev–Trinajstić information content (AvgIpc) is 2.64. The number of carboxylic acid groups (broad SMARTS) is 1. The molecule has 1 saturated carbocycles. The highest BCUT2D eigenvalue weighted by Gasteiger charge is 2.65. The lowest BCUT2D eigenvalue weighted by Gasteiger charge is -2.55. The minimum atomic E-state index is -0.898. The maximum Gasteiger partial charge on any atom is 0.307 e. The molecule has 2 rings (SSSR count). The number of hydrogen-bond donors (Lipinski definition) is 1. The first-order valence-corrected chi connectivity index (χ1v) is 8.16. The first-order chi connectivity index (χ1) is 10.1. The van der Waals surface area contributed by atoms with Gasteiger partial charge < -0.3 is 5.11 Å². The standard InChI is InChI=1S/C17H27NO4/c1-5-6-11-7-12-9-17(10-18(21)22,13(12)8-11)14(15(19)20)16(2,3)4/h8,12-14H,5-7,9-10H2,1-4H3,(H,19,20)/t12-,13-,14?,17+/m0/s1. The number of nitrogens with zero attached hydrogens (tertiary/aromatic N) is 1. The van der Waals surface area contributed by atoms with Crippen molar-refractivity contribution in [1.29, 1.82) is 0 Å². The molecule has 0 heterocycles. The van der Waals surface area contributed by atoms with E-state index < -0.39 is 22.7 Å². The molecule has 4 atom stereocenters. The molecule has 0 aromatic carbocycles. The summed E-state index contributed by atoms with van der Waals surface area (Å²) in [5.41, 5.74) is 0.141. The van der Waals surface area contributed by atoms with Crippen molar-refractivity contribution < 1.29 is 14.8 Å². The van der Waals surface area contributed by atoms with E-state index in [9.17, 15) is 20.0 Å². The van der Waals surface area contributed by atoms with Gasteiger partial charge in [-0.1, -0.05) is 45.8 Å². The second-order valence-electron chi connectivity index (χ2n) is 8.13. The molecule has 0 spiro atoms. The van der Waals surface area contributed by atoms with Gasteiger partial charge >= 0.3 is 5.97 Å². The van der Waals surface area contributed by atoms with Crippen LogP contribution in [0.4, 0.5) is 0 Å². The minimum Gasteiger partial charge on any atom is -0.481 e. The summed E-state index contributed by atoms with van der Waals surface area (Å²) < 4.78 is 0. The second-order valence-corrected chi connectivity index (χ2v) is 8.13. The first kappa shape index (κ1) is 17.0. The fraction of sp³-hybridized carbons (Fsp3) is 0.824. The van der Waals surface area contributed by atoms with Crippen LogP contribution in [0.15, 0.2) is 11.6 Å². The van der Waals surface area contributed by atoms with E-state index in [0.29, 0.717) is 12.3 Å². The van der Waals surface area contributed by atoms with Gasteiger partial charge in [0.1, 0.15) is 0 Å². The van der Waals surface area contributed by atoms with E-state index in [2.05, 4.69) is 13.0 Å². The number of carbonyl (C=O) groups is 1. The molecule has 0 bridgehead atoms. The van der Waals surface area contributed by atoms with E-state index >= 15 is 0 Å². The Morgan fingerprint density at radius 2 is 2.18 bits per heavy atom. The number of hydrogen-bond acceptors (Lipinski definition) is 3. The smallest absolute Gasteiger partial charge is 0.307 e. The zero-order valence-electron chi connectivity index (χ0n) is 14.0. The third-order valence-corrected chi connectivity index (χ3v) is 5.44. The van der Waals surface area contributed by atoms with E-state index in [-0.39, 0.29) is 17.4 Å². The Morgan fingerprint density at radius 1 is 1.55 bits per heavy atom. The largest absolute Gasteiger partial charge is 0.481 e. The summed E-state index contributed by atoms with van der Waals surface area (Å²) in [5, 5.41) is 21.0. The summed E-state index contributed by atoms with van der Waals surface area (Å²) in [6.45, 7) is 7.53. The maximum atomic E-state index is 11.9. The van der Waals surface area contributed by atoms with Crippen molar-refractivity contribution >= 4 is 5.97 Å². The molecule has 0 radical (unpaired) electrons. The van der Waals surface area contributed by atoms with Crippen LogP contribution in [0.5, 0.6) is 0 Å². The molecule has 0 aromatic heterocycles. The number of rotatable bonds is 6. The van der Waals surface area contributed by atoms with Crippen molar-refractivity contribution in [1.82, 2.24) is 0 Å². The zero-order chi connectivity index (χ0) is 16.7. The van der Waals surface area contributed by atoms with E-state index in [4.69, 9.17) is 0 Å². The van der Waals surface area contributed by atoms with Crippen LogP contribution in [0, 0.1) is 38.7 Å². The van der Waals surface area contributed by atoms with Gasteiger partial charge in [-0.25, -0.2) is 0 Å². The first-order valence-electron chi connectivity index (χ1n) is 8.16. The highest BCUT2D eigenvalue weighted by Crippen LogP contribution is 2.64. The predicted octanol–water partition coefficient (Wildman–Crippen LogP) is 3.76. The summed E-state index contributed by atoms with van der Waals surface area (Å²) in [4.78, 5) is 22.9. The second kappa shape index (κ2) is 5.67. The van der Waals surface area contributed by atoms with Crippen molar-refractivity contribution in [3.05, 3.63) is 21.8 Å². The van der Waals surface area contributed by atoms with Gasteiger partial charge in [-0.05, 0) is 36.5 Å². The molecule has 0 saturated heterocycles. The van der Waals surface area contributed by atoms with E-state index in [1.54, 1.807) is 0 Å². The molecule has 5 heteroatoms. The number of nitro groups is 1. The lowest BCUT2D eigenvalue weighted by Crippen LogP contribution is -2.59. The van der Waals surface area contributed by atoms with Crippen LogP contribution in [0.2, 0.25) is 0 Å². The molecule has 0 aromatic rings. The lowest BCUT2D eigenvalue weighted by atomic mass is 9.46. The third-order valence-electron chi connectivity index (χ3n) is 5.44. The van der Waals surface area contributed by atoms with Crippen molar-refractivity contribution in [2.45, 2.75) is 53.4 Å². The molecule has 0 amide bonds. The van der Waals surface area contributed by atoms with Gasteiger partial charge in [-0.15, -0.1) is 0 Å². The van der Waals surface area contributed by atoms with Crippen molar-refractivity contribution in [2.24, 2.45) is 28.6 Å². The summed E-state index contributed by atoms with van der Waals surface area (Å²) in [5.74, 6) is -1.13. The molecule has 1 fully saturated rings. The summed E-state index contributed by atoms with van der Waals surface area (Å²) >= 11 is 0. The van der Waals surface area contributed by atoms with E-state index in [0.717, 1.165) is 19.3 Å². The minimum absolute atomic E-state index is 0.0553.